The second-order valence-electron chi connectivity index (χ2n) is 9.16. The number of methoxy groups -OCH3 is 1. The first-order valence-electron chi connectivity index (χ1n) is 12.1. The molecule has 0 unspecified atom stereocenters. The molecule has 0 bridgehead atoms. The number of aromatic amines is 1. The fourth-order valence-corrected chi connectivity index (χ4v) is 5.70. The second-order valence-corrected chi connectivity index (χ2v) is 11.1. The summed E-state index contributed by atoms with van der Waals surface area (Å²) >= 11 is 0. The summed E-state index contributed by atoms with van der Waals surface area (Å²) in [6.07, 6.45) is 1.87. The van der Waals surface area contributed by atoms with Crippen molar-refractivity contribution in [2.45, 2.75) is 45.1 Å². The van der Waals surface area contributed by atoms with E-state index >= 15 is 0 Å². The van der Waals surface area contributed by atoms with Gasteiger partial charge in [-0.15, -0.1) is 0 Å². The number of benzene rings is 2. The van der Waals surface area contributed by atoms with Gasteiger partial charge in [-0.1, -0.05) is 13.0 Å². The summed E-state index contributed by atoms with van der Waals surface area (Å²) in [5.74, 6) is 0.629. The summed E-state index contributed by atoms with van der Waals surface area (Å²) in [5.41, 5.74) is 3.78. The molecule has 10 nitrogen and oxygen atoms in total. The Hall–Kier alpha value is -3.44. The molecule has 2 aromatic carbocycles. The van der Waals surface area contributed by atoms with E-state index in [1.54, 1.807) is 33.0 Å². The van der Waals surface area contributed by atoms with Gasteiger partial charge in [-0.25, -0.2) is 13.4 Å². The van der Waals surface area contributed by atoms with Gasteiger partial charge in [-0.05, 0) is 61.2 Å². The van der Waals surface area contributed by atoms with Gasteiger partial charge in [0.05, 0.1) is 36.1 Å². The smallest absolute Gasteiger partial charge is 0.243 e. The second kappa shape index (κ2) is 11.7. The van der Waals surface area contributed by atoms with Crippen LogP contribution in [0.25, 0.3) is 11.0 Å². The molecule has 3 rings (SSSR count). The molecule has 2 amide bonds. The van der Waals surface area contributed by atoms with Gasteiger partial charge in [0.25, 0.3) is 0 Å². The van der Waals surface area contributed by atoms with Gasteiger partial charge in [0.1, 0.15) is 11.6 Å². The zero-order valence-electron chi connectivity index (χ0n) is 22.2. The van der Waals surface area contributed by atoms with Crippen LogP contribution in [0.2, 0.25) is 0 Å². The SMILES string of the molecule is CCCc1nc2ccc(CN(C)C(=O)CNC(=O)CN(C)S(=O)(=O)c3c(C)cc(OC)cc3C)cc2[nH]1. The van der Waals surface area contributed by atoms with Gasteiger partial charge >= 0.3 is 0 Å². The van der Waals surface area contributed by atoms with Crippen molar-refractivity contribution in [1.29, 1.82) is 0 Å². The van der Waals surface area contributed by atoms with Crippen LogP contribution in [0.15, 0.2) is 35.2 Å². The molecule has 200 valence electrons. The molecule has 0 fully saturated rings. The highest BCUT2D eigenvalue weighted by Crippen LogP contribution is 2.27. The summed E-state index contributed by atoms with van der Waals surface area (Å²) in [6, 6.07) is 9.08. The van der Waals surface area contributed by atoms with Crippen LogP contribution in [-0.4, -0.2) is 73.7 Å². The molecular formula is C26H35N5O5S. The topological polar surface area (TPSA) is 125 Å². The van der Waals surface area contributed by atoms with Crippen molar-refractivity contribution >= 4 is 32.9 Å². The lowest BCUT2D eigenvalue weighted by Gasteiger charge is -2.21. The molecule has 0 aliphatic rings. The maximum absolute atomic E-state index is 13.1. The van der Waals surface area contributed by atoms with E-state index in [4.69, 9.17) is 4.74 Å². The Labute approximate surface area is 218 Å². The van der Waals surface area contributed by atoms with E-state index in [0.29, 0.717) is 23.4 Å². The molecule has 1 aromatic heterocycles. The summed E-state index contributed by atoms with van der Waals surface area (Å²) < 4.78 is 32.4. The lowest BCUT2D eigenvalue weighted by atomic mass is 10.1. The summed E-state index contributed by atoms with van der Waals surface area (Å²) in [7, 11) is 0.579. The van der Waals surface area contributed by atoms with Crippen molar-refractivity contribution in [3.05, 3.63) is 52.8 Å². The standard InChI is InChI=1S/C26H35N5O5S/c1-7-8-23-28-21-10-9-19(13-22(21)29-23)15-30(4)25(33)14-27-24(32)16-31(5)37(34,35)26-17(2)11-20(36-6)12-18(26)3/h9-13H,7-8,14-16H2,1-6H3,(H,27,32)(H,28,29). The number of H-pyrrole nitrogens is 1. The predicted molar refractivity (Wildman–Crippen MR) is 142 cm³/mol. The first-order valence-corrected chi connectivity index (χ1v) is 13.5. The van der Waals surface area contributed by atoms with Crippen molar-refractivity contribution in [2.24, 2.45) is 0 Å². The number of rotatable bonds is 11. The van der Waals surface area contributed by atoms with Crippen molar-refractivity contribution in [2.75, 3.05) is 34.3 Å². The Bertz CT molecular complexity index is 1380. The van der Waals surface area contributed by atoms with Crippen LogP contribution < -0.4 is 10.1 Å². The number of aryl methyl sites for hydroxylation is 3. The number of nitrogens with zero attached hydrogens (tertiary/aromatic N) is 3. The highest BCUT2D eigenvalue weighted by atomic mass is 32.2. The third kappa shape index (κ3) is 6.66. The number of fused-ring (bicyclic) bond motifs is 1. The highest BCUT2D eigenvalue weighted by Gasteiger charge is 2.27. The molecule has 3 aromatic rings. The van der Waals surface area contributed by atoms with Gasteiger partial charge in [-0.2, -0.15) is 4.31 Å². The molecule has 0 atom stereocenters. The number of sulfonamides is 1. The van der Waals surface area contributed by atoms with Gasteiger partial charge in [0, 0.05) is 27.1 Å². The molecule has 11 heteroatoms. The molecule has 0 spiro atoms. The molecule has 0 radical (unpaired) electrons. The molecule has 0 saturated carbocycles. The minimum absolute atomic E-state index is 0.135. The average molecular weight is 530 g/mol. The average Bonchev–Trinajstić information content (AvgIpc) is 3.23. The molecule has 37 heavy (non-hydrogen) atoms. The van der Waals surface area contributed by atoms with Gasteiger partial charge in [-0.3, -0.25) is 9.59 Å². The first-order chi connectivity index (χ1) is 17.5. The van der Waals surface area contributed by atoms with E-state index in [1.165, 1.54) is 19.1 Å². The number of carbonyl (C=O) groups excluding carboxylic acids is 2. The quantitative estimate of drug-likeness (QED) is 0.393. The largest absolute Gasteiger partial charge is 0.497 e. The Morgan fingerprint density at radius 3 is 2.41 bits per heavy atom. The normalized spacial score (nSPS) is 11.6. The number of imidazole rings is 1. The van der Waals surface area contributed by atoms with E-state index in [0.717, 1.165) is 39.6 Å². The Kier molecular flexibility index (Phi) is 8.93. The van der Waals surface area contributed by atoms with Crippen LogP contribution in [0.3, 0.4) is 0 Å². The van der Waals surface area contributed by atoms with Gasteiger partial charge in [0.15, 0.2) is 0 Å². The predicted octanol–water partition coefficient (Wildman–Crippen LogP) is 2.54. The van der Waals surface area contributed by atoms with E-state index in [-0.39, 0.29) is 17.3 Å². The third-order valence-corrected chi connectivity index (χ3v) is 8.18. The number of nitrogens with one attached hydrogen (secondary N) is 2. The lowest BCUT2D eigenvalue weighted by molar-refractivity contribution is -0.132. The number of aromatic nitrogens is 2. The molecule has 0 aliphatic carbocycles. The summed E-state index contributed by atoms with van der Waals surface area (Å²) in [5, 5.41) is 2.53. The van der Waals surface area contributed by atoms with Crippen molar-refractivity contribution < 1.29 is 22.7 Å². The minimum atomic E-state index is -3.92. The maximum atomic E-state index is 13.1. The van der Waals surface area contributed by atoms with E-state index in [9.17, 15) is 18.0 Å². The molecule has 1 heterocycles. The van der Waals surface area contributed by atoms with Crippen LogP contribution >= 0.6 is 0 Å². The maximum Gasteiger partial charge on any atom is 0.243 e. The van der Waals surface area contributed by atoms with Crippen molar-refractivity contribution in [3.63, 3.8) is 0 Å². The first kappa shape index (κ1) is 28.1. The number of carbonyl (C=O) groups is 2. The van der Waals surface area contributed by atoms with Crippen molar-refractivity contribution in [3.8, 4) is 5.75 Å². The minimum Gasteiger partial charge on any atom is -0.497 e. The Morgan fingerprint density at radius 1 is 1.11 bits per heavy atom. The van der Waals surface area contributed by atoms with E-state index in [2.05, 4.69) is 22.2 Å². The number of likely N-dealkylation sites (N-methyl/N-ethyl adjacent to an activating group) is 2. The zero-order chi connectivity index (χ0) is 27.3. The van der Waals surface area contributed by atoms with Crippen molar-refractivity contribution in [1.82, 2.24) is 24.5 Å². The number of amides is 2. The number of hydrogen-bond acceptors (Lipinski definition) is 6. The summed E-state index contributed by atoms with van der Waals surface area (Å²) in [6.45, 7) is 5.16. The van der Waals surface area contributed by atoms with Crippen LogP contribution in [0.1, 0.15) is 35.9 Å². The Morgan fingerprint density at radius 2 is 1.78 bits per heavy atom. The fraction of sp³-hybridized carbons (Fsp3) is 0.423. The molecule has 0 aliphatic heterocycles. The monoisotopic (exact) mass is 529 g/mol. The third-order valence-electron chi connectivity index (χ3n) is 6.07. The van der Waals surface area contributed by atoms with Gasteiger partial charge < -0.3 is 19.9 Å². The highest BCUT2D eigenvalue weighted by molar-refractivity contribution is 7.89. The van der Waals surface area contributed by atoms with E-state index < -0.39 is 22.5 Å². The molecule has 2 N–H and O–H groups in total. The van der Waals surface area contributed by atoms with E-state index in [1.807, 2.05) is 18.2 Å². The van der Waals surface area contributed by atoms with Crippen LogP contribution in [0, 0.1) is 13.8 Å². The summed E-state index contributed by atoms with van der Waals surface area (Å²) in [4.78, 5) is 34.6. The number of hydrogen-bond donors (Lipinski definition) is 2. The van der Waals surface area contributed by atoms with Gasteiger partial charge in [0.2, 0.25) is 21.8 Å². The lowest BCUT2D eigenvalue weighted by Crippen LogP contribution is -2.43. The van der Waals surface area contributed by atoms with Crippen LogP contribution in [0.5, 0.6) is 5.75 Å². The fourth-order valence-electron chi connectivity index (χ4n) is 4.17. The zero-order valence-corrected chi connectivity index (χ0v) is 23.0. The number of ether oxygens (including phenoxy) is 1. The Balaban J connectivity index is 1.56. The molecule has 0 saturated heterocycles. The van der Waals surface area contributed by atoms with Crippen LogP contribution in [0.4, 0.5) is 0 Å². The molecular weight excluding hydrogens is 494 g/mol. The van der Waals surface area contributed by atoms with Crippen LogP contribution in [-0.2, 0) is 32.6 Å².